The highest BCUT2D eigenvalue weighted by molar-refractivity contribution is 7.89. The molecule has 6 rings (SSSR count). The van der Waals surface area contributed by atoms with Gasteiger partial charge < -0.3 is 19.3 Å². The Morgan fingerprint density at radius 1 is 0.884 bits per heavy atom. The number of rotatable bonds is 9. The fourth-order valence-electron chi connectivity index (χ4n) is 5.18. The second-order valence-electron chi connectivity index (χ2n) is 10.0. The van der Waals surface area contributed by atoms with Crippen LogP contribution >= 0.6 is 0 Å². The molecule has 13 nitrogen and oxygen atoms in total. The minimum atomic E-state index is -3.52. The number of anilines is 2. The number of alkyl halides is 2. The number of aryl methyl sites for hydroxylation is 1. The van der Waals surface area contributed by atoms with E-state index in [4.69, 9.17) is 14.5 Å². The predicted molar refractivity (Wildman–Crippen MR) is 155 cm³/mol. The van der Waals surface area contributed by atoms with Crippen molar-refractivity contribution in [2.75, 3.05) is 75.1 Å². The number of hydrogen-bond acceptors (Lipinski definition) is 11. The molecule has 2 aliphatic rings. The van der Waals surface area contributed by atoms with Gasteiger partial charge in [0.05, 0.1) is 31.6 Å². The van der Waals surface area contributed by atoms with Gasteiger partial charge in [0.15, 0.2) is 5.82 Å². The Hall–Kier alpha value is -4.02. The molecule has 0 spiro atoms. The molecule has 16 heteroatoms. The number of fused-ring (bicyclic) bond motifs is 1. The van der Waals surface area contributed by atoms with Crippen molar-refractivity contribution in [3.63, 3.8) is 0 Å². The van der Waals surface area contributed by atoms with E-state index in [2.05, 4.69) is 19.9 Å². The zero-order valence-electron chi connectivity index (χ0n) is 23.5. The van der Waals surface area contributed by atoms with Gasteiger partial charge in [-0.2, -0.15) is 19.3 Å². The summed E-state index contributed by atoms with van der Waals surface area (Å²) >= 11 is 0. The predicted octanol–water partition coefficient (Wildman–Crippen LogP) is 2.08. The Kier molecular flexibility index (Phi) is 8.32. The van der Waals surface area contributed by atoms with E-state index >= 15 is 0 Å². The quantitative estimate of drug-likeness (QED) is 0.274. The first kappa shape index (κ1) is 29.1. The zero-order valence-corrected chi connectivity index (χ0v) is 24.3. The molecular formula is C27H31F2N9O4S. The molecule has 2 fully saturated rings. The molecule has 0 aliphatic carbocycles. The van der Waals surface area contributed by atoms with Crippen molar-refractivity contribution in [3.8, 4) is 11.7 Å². The molecule has 0 amide bonds. The van der Waals surface area contributed by atoms with E-state index in [1.54, 1.807) is 36.5 Å². The highest BCUT2D eigenvalue weighted by Crippen LogP contribution is 2.32. The first-order valence-electron chi connectivity index (χ1n) is 13.9. The number of ether oxygens (including phenoxy) is 2. The maximum Gasteiger partial charge on any atom is 0.296 e. The molecule has 0 atom stereocenters. The lowest BCUT2D eigenvalue weighted by molar-refractivity contribution is 0.122. The summed E-state index contributed by atoms with van der Waals surface area (Å²) in [6.45, 7) is 3.07. The third-order valence-corrected chi connectivity index (χ3v) is 9.31. The topological polar surface area (TPSA) is 132 Å². The van der Waals surface area contributed by atoms with Crippen LogP contribution in [0.25, 0.3) is 17.0 Å². The normalized spacial score (nSPS) is 16.7. The van der Waals surface area contributed by atoms with E-state index < -0.39 is 22.3 Å². The van der Waals surface area contributed by atoms with Gasteiger partial charge in [-0.3, -0.25) is 9.55 Å². The van der Waals surface area contributed by atoms with E-state index in [0.29, 0.717) is 68.7 Å². The van der Waals surface area contributed by atoms with Crippen LogP contribution in [0.5, 0.6) is 5.75 Å². The summed E-state index contributed by atoms with van der Waals surface area (Å²) in [4.78, 5) is 26.1. The van der Waals surface area contributed by atoms with Crippen LogP contribution in [0.1, 0.15) is 17.9 Å². The number of benzene rings is 1. The van der Waals surface area contributed by atoms with Gasteiger partial charge in [0.25, 0.3) is 6.43 Å². The van der Waals surface area contributed by atoms with Gasteiger partial charge >= 0.3 is 0 Å². The van der Waals surface area contributed by atoms with E-state index in [1.165, 1.54) is 16.0 Å². The summed E-state index contributed by atoms with van der Waals surface area (Å²) in [6.07, 6.45) is -0.953. The number of pyridine rings is 1. The minimum Gasteiger partial charge on any atom is -0.494 e. The summed E-state index contributed by atoms with van der Waals surface area (Å²) in [5.41, 5.74) is 1.34. The Bertz CT molecular complexity index is 1680. The van der Waals surface area contributed by atoms with E-state index in [9.17, 15) is 17.2 Å². The number of nitrogens with zero attached hydrogens (tertiary/aromatic N) is 9. The van der Waals surface area contributed by atoms with Crippen LogP contribution in [0.3, 0.4) is 0 Å². The van der Waals surface area contributed by atoms with Crippen molar-refractivity contribution in [1.82, 2.24) is 33.8 Å². The number of para-hydroxylation sites is 1. The number of aromatic nitrogens is 6. The van der Waals surface area contributed by atoms with Crippen molar-refractivity contribution in [1.29, 1.82) is 0 Å². The standard InChI is InChI=1S/C27H31F2N9O4S/c1-41-21-7-4-6-20-22(21)31-24(23(28)29)38(20)27-33-25(32-26(34-27)36-14-16-42-17-15-36)35-10-12-37(13-11-35)43(39,40)18-8-19-5-2-3-9-30-19/h2-7,9,23H,8,10-18H2,1H3. The highest BCUT2D eigenvalue weighted by Gasteiger charge is 2.30. The highest BCUT2D eigenvalue weighted by atomic mass is 32.2. The van der Waals surface area contributed by atoms with Gasteiger partial charge in [-0.05, 0) is 24.3 Å². The summed E-state index contributed by atoms with van der Waals surface area (Å²) in [6, 6.07) is 10.4. The molecule has 0 bridgehead atoms. The van der Waals surface area contributed by atoms with Crippen LogP contribution in [0.2, 0.25) is 0 Å². The zero-order chi connectivity index (χ0) is 30.0. The van der Waals surface area contributed by atoms with Crippen molar-refractivity contribution in [2.24, 2.45) is 0 Å². The van der Waals surface area contributed by atoms with Crippen LogP contribution in [0, 0.1) is 0 Å². The molecule has 43 heavy (non-hydrogen) atoms. The van der Waals surface area contributed by atoms with E-state index in [0.717, 1.165) is 0 Å². The Labute approximate surface area is 247 Å². The third-order valence-electron chi connectivity index (χ3n) is 7.44. The number of imidazole rings is 1. The van der Waals surface area contributed by atoms with Gasteiger partial charge in [-0.15, -0.1) is 0 Å². The average molecular weight is 616 g/mol. The van der Waals surface area contributed by atoms with Crippen molar-refractivity contribution in [2.45, 2.75) is 12.8 Å². The van der Waals surface area contributed by atoms with Gasteiger partial charge in [-0.25, -0.2) is 22.2 Å². The first-order chi connectivity index (χ1) is 20.8. The minimum absolute atomic E-state index is 0.0112. The summed E-state index contributed by atoms with van der Waals surface area (Å²) < 4.78 is 68.3. The van der Waals surface area contributed by atoms with E-state index in [-0.39, 0.29) is 36.3 Å². The maximum absolute atomic E-state index is 14.3. The first-order valence-corrected chi connectivity index (χ1v) is 15.5. The molecule has 0 N–H and O–H groups in total. The monoisotopic (exact) mass is 615 g/mol. The largest absolute Gasteiger partial charge is 0.494 e. The maximum atomic E-state index is 14.3. The molecule has 2 saturated heterocycles. The lowest BCUT2D eigenvalue weighted by Gasteiger charge is -2.34. The lowest BCUT2D eigenvalue weighted by atomic mass is 10.3. The molecule has 4 aromatic rings. The molecule has 3 aromatic heterocycles. The number of methoxy groups -OCH3 is 1. The van der Waals surface area contributed by atoms with Crippen LogP contribution < -0.4 is 14.5 Å². The van der Waals surface area contributed by atoms with Gasteiger partial charge in [0, 0.05) is 57.6 Å². The SMILES string of the molecule is COc1cccc2c1nc(C(F)F)n2-c1nc(N2CCOCC2)nc(N2CCN(S(=O)(=O)CCc3ccccn3)CC2)n1. The third kappa shape index (κ3) is 6.07. The fourth-order valence-corrected chi connectivity index (χ4v) is 6.62. The van der Waals surface area contributed by atoms with Crippen molar-refractivity contribution >= 4 is 33.0 Å². The number of piperazine rings is 1. The van der Waals surface area contributed by atoms with Crippen LogP contribution in [0.15, 0.2) is 42.6 Å². The van der Waals surface area contributed by atoms with Crippen molar-refractivity contribution in [3.05, 3.63) is 54.1 Å². The second kappa shape index (κ2) is 12.3. The molecule has 0 radical (unpaired) electrons. The molecule has 228 valence electrons. The number of morpholine rings is 1. The molecule has 2 aliphatic heterocycles. The molecule has 0 unspecified atom stereocenters. The second-order valence-corrected chi connectivity index (χ2v) is 12.1. The van der Waals surface area contributed by atoms with Gasteiger partial charge in [0.1, 0.15) is 11.3 Å². The van der Waals surface area contributed by atoms with Gasteiger partial charge in [-0.1, -0.05) is 12.1 Å². The van der Waals surface area contributed by atoms with Gasteiger partial charge in [0.2, 0.25) is 27.9 Å². The van der Waals surface area contributed by atoms with Crippen molar-refractivity contribution < 1.29 is 26.7 Å². The molecule has 1 aromatic carbocycles. The van der Waals surface area contributed by atoms with Crippen LogP contribution in [0.4, 0.5) is 20.7 Å². The summed E-state index contributed by atoms with van der Waals surface area (Å²) in [7, 11) is -2.07. The smallest absolute Gasteiger partial charge is 0.296 e. The number of halogens is 2. The number of sulfonamides is 1. The lowest BCUT2D eigenvalue weighted by Crippen LogP contribution is -2.50. The number of hydrogen-bond donors (Lipinski definition) is 0. The Balaban J connectivity index is 1.31. The summed E-state index contributed by atoms with van der Waals surface area (Å²) in [5, 5.41) is 0. The fraction of sp³-hybridized carbons (Fsp3) is 0.444. The molecule has 0 saturated carbocycles. The average Bonchev–Trinajstić information content (AvgIpc) is 3.45. The Morgan fingerprint density at radius 2 is 1.58 bits per heavy atom. The van der Waals surface area contributed by atoms with Crippen LogP contribution in [-0.2, 0) is 21.2 Å². The van der Waals surface area contributed by atoms with E-state index in [1.807, 2.05) is 15.9 Å². The molecular weight excluding hydrogens is 584 g/mol. The summed E-state index contributed by atoms with van der Waals surface area (Å²) in [5.74, 6) is 0.354. The molecule has 5 heterocycles. The van der Waals surface area contributed by atoms with Crippen LogP contribution in [-0.4, -0.2) is 108 Å². The Morgan fingerprint density at radius 3 is 2.23 bits per heavy atom.